The second kappa shape index (κ2) is 5.70. The first-order valence-corrected chi connectivity index (χ1v) is 10.5. The van der Waals surface area contributed by atoms with E-state index in [2.05, 4.69) is 29.5 Å². The van der Waals surface area contributed by atoms with Gasteiger partial charge in [-0.1, -0.05) is 0 Å². The van der Waals surface area contributed by atoms with Crippen LogP contribution >= 0.6 is 22.7 Å². The highest BCUT2D eigenvalue weighted by Gasteiger charge is 2.30. The lowest BCUT2D eigenvalue weighted by atomic mass is 10.1. The van der Waals surface area contributed by atoms with Crippen LogP contribution in [-0.2, 0) is 16.4 Å². The normalized spacial score (nSPS) is 20.8. The highest BCUT2D eigenvalue weighted by Crippen LogP contribution is 2.31. The van der Waals surface area contributed by atoms with Gasteiger partial charge in [-0.15, -0.1) is 22.7 Å². The number of rotatable bonds is 4. The van der Waals surface area contributed by atoms with Crippen molar-refractivity contribution in [3.05, 3.63) is 32.5 Å². The molecule has 4 nitrogen and oxygen atoms in total. The van der Waals surface area contributed by atoms with Crippen LogP contribution in [0, 0.1) is 13.8 Å². The van der Waals surface area contributed by atoms with E-state index in [0.29, 0.717) is 12.2 Å². The molecule has 114 valence electrons. The van der Waals surface area contributed by atoms with Crippen molar-refractivity contribution < 1.29 is 8.42 Å². The van der Waals surface area contributed by atoms with Crippen LogP contribution in [0.3, 0.4) is 0 Å². The molecule has 0 aromatic carbocycles. The monoisotopic (exact) mass is 342 g/mol. The molecule has 3 rings (SSSR count). The van der Waals surface area contributed by atoms with E-state index in [1.165, 1.54) is 16.0 Å². The summed E-state index contributed by atoms with van der Waals surface area (Å²) in [5.41, 5.74) is 3.56. The Labute approximate surface area is 133 Å². The maximum atomic E-state index is 11.5. The minimum atomic E-state index is -2.85. The molecule has 1 fully saturated rings. The van der Waals surface area contributed by atoms with Gasteiger partial charge in [0.05, 0.1) is 17.2 Å². The van der Waals surface area contributed by atoms with Crippen molar-refractivity contribution in [2.75, 3.05) is 16.8 Å². The van der Waals surface area contributed by atoms with Gasteiger partial charge in [0.25, 0.3) is 0 Å². The first-order valence-electron chi connectivity index (χ1n) is 6.88. The summed E-state index contributed by atoms with van der Waals surface area (Å²) in [6.07, 6.45) is 0.703. The first-order chi connectivity index (χ1) is 9.94. The minimum Gasteiger partial charge on any atom is -0.357 e. The molecule has 1 saturated heterocycles. The summed E-state index contributed by atoms with van der Waals surface area (Å²) in [6, 6.07) is 0. The number of hydrogen-bond donors (Lipinski definition) is 1. The number of aryl methyl sites for hydroxylation is 1. The summed E-state index contributed by atoms with van der Waals surface area (Å²) in [5, 5.41) is 8.38. The van der Waals surface area contributed by atoms with Gasteiger partial charge >= 0.3 is 0 Å². The van der Waals surface area contributed by atoms with Crippen LogP contribution < -0.4 is 5.32 Å². The third-order valence-corrected chi connectivity index (χ3v) is 7.64. The van der Waals surface area contributed by atoms with Crippen molar-refractivity contribution in [2.24, 2.45) is 0 Å². The Balaban J connectivity index is 1.64. The van der Waals surface area contributed by atoms with Gasteiger partial charge < -0.3 is 5.32 Å². The van der Waals surface area contributed by atoms with Crippen LogP contribution in [0.1, 0.15) is 34.0 Å². The highest BCUT2D eigenvalue weighted by atomic mass is 32.2. The van der Waals surface area contributed by atoms with Crippen LogP contribution in [0.2, 0.25) is 0 Å². The van der Waals surface area contributed by atoms with Crippen molar-refractivity contribution in [1.82, 2.24) is 4.98 Å². The molecule has 1 N–H and O–H groups in total. The molecule has 1 aliphatic rings. The third-order valence-electron chi connectivity index (χ3n) is 3.99. The number of anilines is 1. The standard InChI is InChI=1S/C14H18N2O2S3/c1-9-10(2)19-6-12(9)5-15-14-16-13(7-20-14)11-3-4-21(17,18)8-11/h6-7,11H,3-5,8H2,1-2H3,(H,15,16). The lowest BCUT2D eigenvalue weighted by molar-refractivity contribution is 0.601. The number of aromatic nitrogens is 1. The molecule has 2 aromatic heterocycles. The third kappa shape index (κ3) is 3.30. The van der Waals surface area contributed by atoms with E-state index in [4.69, 9.17) is 0 Å². The number of sulfone groups is 1. The molecule has 0 aliphatic carbocycles. The number of hydrogen-bond acceptors (Lipinski definition) is 6. The van der Waals surface area contributed by atoms with Gasteiger partial charge in [0, 0.05) is 22.7 Å². The van der Waals surface area contributed by atoms with Crippen LogP contribution in [0.4, 0.5) is 5.13 Å². The molecule has 0 saturated carbocycles. The van der Waals surface area contributed by atoms with Crippen molar-refractivity contribution >= 4 is 37.6 Å². The highest BCUT2D eigenvalue weighted by molar-refractivity contribution is 7.91. The number of nitrogens with one attached hydrogen (secondary N) is 1. The van der Waals surface area contributed by atoms with Crippen LogP contribution in [0.15, 0.2) is 10.8 Å². The first kappa shape index (κ1) is 15.0. The molecule has 0 amide bonds. The van der Waals surface area contributed by atoms with Gasteiger partial charge in [0.15, 0.2) is 15.0 Å². The van der Waals surface area contributed by atoms with E-state index in [9.17, 15) is 8.42 Å². The van der Waals surface area contributed by atoms with Gasteiger partial charge in [-0.2, -0.15) is 0 Å². The van der Waals surface area contributed by atoms with E-state index in [1.807, 2.05) is 5.38 Å². The molecular weight excluding hydrogens is 324 g/mol. The quantitative estimate of drug-likeness (QED) is 0.926. The molecule has 1 atom stereocenters. The van der Waals surface area contributed by atoms with Crippen molar-refractivity contribution in [3.63, 3.8) is 0 Å². The van der Waals surface area contributed by atoms with Crippen LogP contribution in [0.5, 0.6) is 0 Å². The molecule has 7 heteroatoms. The Hall–Kier alpha value is -0.920. The average molecular weight is 343 g/mol. The molecular formula is C14H18N2O2S3. The van der Waals surface area contributed by atoms with Crippen LogP contribution in [0.25, 0.3) is 0 Å². The zero-order chi connectivity index (χ0) is 15.0. The zero-order valence-corrected chi connectivity index (χ0v) is 14.5. The topological polar surface area (TPSA) is 59.1 Å². The fourth-order valence-corrected chi connectivity index (χ4v) is 5.93. The van der Waals surface area contributed by atoms with E-state index >= 15 is 0 Å². The largest absolute Gasteiger partial charge is 0.357 e. The molecule has 1 aliphatic heterocycles. The number of thiophene rings is 1. The van der Waals surface area contributed by atoms with Gasteiger partial charge in [-0.25, -0.2) is 13.4 Å². The summed E-state index contributed by atoms with van der Waals surface area (Å²) in [4.78, 5) is 5.91. The van der Waals surface area contributed by atoms with Gasteiger partial charge in [0.2, 0.25) is 0 Å². The Morgan fingerprint density at radius 1 is 1.33 bits per heavy atom. The molecule has 21 heavy (non-hydrogen) atoms. The second-order valence-corrected chi connectivity index (χ2v) is 9.64. The van der Waals surface area contributed by atoms with E-state index in [0.717, 1.165) is 17.4 Å². The summed E-state index contributed by atoms with van der Waals surface area (Å²) in [6.45, 7) is 5.04. The fraction of sp³-hybridized carbons (Fsp3) is 0.500. The van der Waals surface area contributed by atoms with E-state index < -0.39 is 9.84 Å². The molecule has 0 spiro atoms. The van der Waals surface area contributed by atoms with Crippen molar-refractivity contribution in [3.8, 4) is 0 Å². The zero-order valence-electron chi connectivity index (χ0n) is 12.0. The Kier molecular flexibility index (Phi) is 4.07. The number of nitrogens with zero attached hydrogens (tertiary/aromatic N) is 1. The summed E-state index contributed by atoms with van der Waals surface area (Å²) in [7, 11) is -2.85. The lowest BCUT2D eigenvalue weighted by Crippen LogP contribution is -2.04. The van der Waals surface area contributed by atoms with Crippen molar-refractivity contribution in [1.29, 1.82) is 0 Å². The SMILES string of the molecule is Cc1scc(CNc2nc(C3CCS(=O)(=O)C3)cs2)c1C. The lowest BCUT2D eigenvalue weighted by Gasteiger charge is -2.04. The van der Waals surface area contributed by atoms with E-state index in [1.54, 1.807) is 22.7 Å². The predicted octanol–water partition coefficient (Wildman–Crippen LogP) is 3.34. The Bertz CT molecular complexity index is 746. The molecule has 3 heterocycles. The number of thiazole rings is 1. The summed E-state index contributed by atoms with van der Waals surface area (Å²) < 4.78 is 23.1. The molecule has 1 unspecified atom stereocenters. The van der Waals surface area contributed by atoms with Crippen molar-refractivity contribution in [2.45, 2.75) is 32.7 Å². The fourth-order valence-electron chi connectivity index (χ4n) is 2.49. The molecule has 2 aromatic rings. The Morgan fingerprint density at radius 2 is 2.14 bits per heavy atom. The summed E-state index contributed by atoms with van der Waals surface area (Å²) in [5.74, 6) is 0.622. The smallest absolute Gasteiger partial charge is 0.183 e. The Morgan fingerprint density at radius 3 is 2.76 bits per heavy atom. The maximum Gasteiger partial charge on any atom is 0.183 e. The van der Waals surface area contributed by atoms with E-state index in [-0.39, 0.29) is 11.7 Å². The van der Waals surface area contributed by atoms with Gasteiger partial charge in [0.1, 0.15) is 0 Å². The van der Waals surface area contributed by atoms with Crippen LogP contribution in [-0.4, -0.2) is 24.9 Å². The maximum absolute atomic E-state index is 11.5. The average Bonchev–Trinajstić information content (AvgIpc) is 3.10. The molecule has 0 bridgehead atoms. The molecule has 0 radical (unpaired) electrons. The minimum absolute atomic E-state index is 0.0759. The second-order valence-electron chi connectivity index (χ2n) is 5.47. The predicted molar refractivity (Wildman–Crippen MR) is 89.2 cm³/mol. The summed E-state index contributed by atoms with van der Waals surface area (Å²) >= 11 is 3.32. The van der Waals surface area contributed by atoms with Gasteiger partial charge in [-0.05, 0) is 36.8 Å². The van der Waals surface area contributed by atoms with Gasteiger partial charge in [-0.3, -0.25) is 0 Å².